The molecular formula is C13H14ClN3OS. The van der Waals surface area contributed by atoms with Crippen LogP contribution >= 0.6 is 23.4 Å². The molecule has 0 unspecified atom stereocenters. The van der Waals surface area contributed by atoms with Gasteiger partial charge in [-0.15, -0.1) is 11.8 Å². The fourth-order valence-electron chi connectivity index (χ4n) is 1.79. The summed E-state index contributed by atoms with van der Waals surface area (Å²) >= 11 is 7.75. The molecule has 6 heteroatoms. The van der Waals surface area contributed by atoms with Crippen molar-refractivity contribution in [3.8, 4) is 0 Å². The summed E-state index contributed by atoms with van der Waals surface area (Å²) in [6.45, 7) is 1.89. The summed E-state index contributed by atoms with van der Waals surface area (Å²) in [5.41, 5.74) is 2.74. The highest BCUT2D eigenvalue weighted by Crippen LogP contribution is 2.29. The van der Waals surface area contributed by atoms with E-state index in [9.17, 15) is 0 Å². The molecule has 0 saturated heterocycles. The molecule has 2 aromatic rings. The average Bonchev–Trinajstić information content (AvgIpc) is 2.64. The minimum Gasteiger partial charge on any atom is -0.411 e. The van der Waals surface area contributed by atoms with Gasteiger partial charge in [0.2, 0.25) is 0 Å². The lowest BCUT2D eigenvalue weighted by atomic mass is 10.2. The van der Waals surface area contributed by atoms with Crippen molar-refractivity contribution in [2.75, 3.05) is 0 Å². The van der Waals surface area contributed by atoms with E-state index in [0.717, 1.165) is 32.6 Å². The SMILES string of the molecule is Cc1nn(C)c(SCc2ccccc2Cl)c1C=NO. The zero-order valence-electron chi connectivity index (χ0n) is 10.7. The third kappa shape index (κ3) is 3.11. The van der Waals surface area contributed by atoms with Crippen LogP contribution in [0.3, 0.4) is 0 Å². The normalized spacial score (nSPS) is 11.3. The Hall–Kier alpha value is -1.46. The first kappa shape index (κ1) is 14.0. The van der Waals surface area contributed by atoms with Gasteiger partial charge in [-0.3, -0.25) is 4.68 Å². The summed E-state index contributed by atoms with van der Waals surface area (Å²) in [5, 5.41) is 17.8. The summed E-state index contributed by atoms with van der Waals surface area (Å²) in [6, 6.07) is 7.75. The first-order chi connectivity index (χ1) is 9.13. The number of aromatic nitrogens is 2. The Morgan fingerprint density at radius 2 is 2.21 bits per heavy atom. The second kappa shape index (κ2) is 6.12. The number of oxime groups is 1. The van der Waals surface area contributed by atoms with Crippen LogP contribution < -0.4 is 0 Å². The van der Waals surface area contributed by atoms with Gasteiger partial charge >= 0.3 is 0 Å². The lowest BCUT2D eigenvalue weighted by Crippen LogP contribution is -1.94. The Balaban J connectivity index is 2.22. The Morgan fingerprint density at radius 3 is 2.89 bits per heavy atom. The summed E-state index contributed by atoms with van der Waals surface area (Å²) in [7, 11) is 1.87. The second-order valence-electron chi connectivity index (χ2n) is 4.05. The number of aryl methyl sites for hydroxylation is 2. The maximum atomic E-state index is 8.71. The van der Waals surface area contributed by atoms with Crippen molar-refractivity contribution in [1.29, 1.82) is 0 Å². The van der Waals surface area contributed by atoms with Gasteiger partial charge in [-0.1, -0.05) is 35.0 Å². The van der Waals surface area contributed by atoms with Crippen LogP contribution in [0.5, 0.6) is 0 Å². The van der Waals surface area contributed by atoms with Gasteiger partial charge in [0.1, 0.15) is 5.03 Å². The Morgan fingerprint density at radius 1 is 1.47 bits per heavy atom. The number of thioether (sulfide) groups is 1. The molecule has 0 atom stereocenters. The molecule has 1 N–H and O–H groups in total. The zero-order chi connectivity index (χ0) is 13.8. The van der Waals surface area contributed by atoms with E-state index in [1.807, 2.05) is 38.2 Å². The molecule has 1 aromatic carbocycles. The highest BCUT2D eigenvalue weighted by Gasteiger charge is 2.13. The molecule has 4 nitrogen and oxygen atoms in total. The van der Waals surface area contributed by atoms with Crippen LogP contribution in [-0.2, 0) is 12.8 Å². The summed E-state index contributed by atoms with van der Waals surface area (Å²) in [4.78, 5) is 0. The largest absolute Gasteiger partial charge is 0.411 e. The number of benzene rings is 1. The quantitative estimate of drug-likeness (QED) is 0.406. The van der Waals surface area contributed by atoms with E-state index in [4.69, 9.17) is 16.8 Å². The Kier molecular flexibility index (Phi) is 4.50. The summed E-state index contributed by atoms with van der Waals surface area (Å²) in [6.07, 6.45) is 1.41. The predicted octanol–water partition coefficient (Wildman–Crippen LogP) is 3.48. The minimum absolute atomic E-state index is 0.741. The number of rotatable bonds is 4. The van der Waals surface area contributed by atoms with Crippen LogP contribution in [0.2, 0.25) is 5.02 Å². The van der Waals surface area contributed by atoms with Crippen LogP contribution in [0.1, 0.15) is 16.8 Å². The third-order valence-electron chi connectivity index (χ3n) is 2.72. The van der Waals surface area contributed by atoms with Crippen molar-refractivity contribution in [3.05, 3.63) is 46.1 Å². The molecule has 100 valence electrons. The fourth-order valence-corrected chi connectivity index (χ4v) is 3.20. The molecule has 0 amide bonds. The van der Waals surface area contributed by atoms with Crippen molar-refractivity contribution in [2.24, 2.45) is 12.2 Å². The van der Waals surface area contributed by atoms with Gasteiger partial charge < -0.3 is 5.21 Å². The number of hydrogen-bond donors (Lipinski definition) is 1. The number of nitrogens with zero attached hydrogens (tertiary/aromatic N) is 3. The van der Waals surface area contributed by atoms with E-state index in [1.165, 1.54) is 6.21 Å². The van der Waals surface area contributed by atoms with Gasteiger partial charge in [-0.2, -0.15) is 5.10 Å². The van der Waals surface area contributed by atoms with Crippen LogP contribution in [0.15, 0.2) is 34.4 Å². The smallest absolute Gasteiger partial charge is 0.103 e. The molecule has 0 spiro atoms. The van der Waals surface area contributed by atoms with Crippen molar-refractivity contribution in [3.63, 3.8) is 0 Å². The number of hydrogen-bond acceptors (Lipinski definition) is 4. The summed E-state index contributed by atoms with van der Waals surface area (Å²) < 4.78 is 1.79. The summed E-state index contributed by atoms with van der Waals surface area (Å²) in [5.74, 6) is 0.741. The standard InChI is InChI=1S/C13H14ClN3OS/c1-9-11(7-15-18)13(17(2)16-9)19-8-10-5-3-4-6-12(10)14/h3-7,18H,8H2,1-2H3. The van der Waals surface area contributed by atoms with Gasteiger partial charge in [0.05, 0.1) is 17.5 Å². The van der Waals surface area contributed by atoms with Gasteiger partial charge in [-0.05, 0) is 18.6 Å². The molecule has 0 saturated carbocycles. The van der Waals surface area contributed by atoms with Crippen molar-refractivity contribution < 1.29 is 5.21 Å². The third-order valence-corrected chi connectivity index (χ3v) is 4.30. The van der Waals surface area contributed by atoms with E-state index >= 15 is 0 Å². The molecule has 1 aromatic heterocycles. The highest BCUT2D eigenvalue weighted by molar-refractivity contribution is 7.98. The molecule has 1 heterocycles. The van der Waals surface area contributed by atoms with Gasteiger partial charge in [0.25, 0.3) is 0 Å². The first-order valence-electron chi connectivity index (χ1n) is 5.70. The van der Waals surface area contributed by atoms with Crippen molar-refractivity contribution >= 4 is 29.6 Å². The molecule has 2 rings (SSSR count). The van der Waals surface area contributed by atoms with E-state index in [0.29, 0.717) is 0 Å². The maximum absolute atomic E-state index is 8.71. The lowest BCUT2D eigenvalue weighted by molar-refractivity contribution is 0.321. The van der Waals surface area contributed by atoms with Crippen LogP contribution in [0, 0.1) is 6.92 Å². The monoisotopic (exact) mass is 295 g/mol. The number of halogens is 1. The van der Waals surface area contributed by atoms with Crippen molar-refractivity contribution in [2.45, 2.75) is 17.7 Å². The van der Waals surface area contributed by atoms with E-state index in [2.05, 4.69) is 10.3 Å². The Labute approximate surface area is 121 Å². The molecule has 0 fully saturated rings. The molecule has 19 heavy (non-hydrogen) atoms. The first-order valence-corrected chi connectivity index (χ1v) is 7.07. The van der Waals surface area contributed by atoms with E-state index in [1.54, 1.807) is 16.4 Å². The molecule has 0 aliphatic heterocycles. The molecule has 0 radical (unpaired) electrons. The van der Waals surface area contributed by atoms with Crippen LogP contribution in [0.25, 0.3) is 0 Å². The molecular weight excluding hydrogens is 282 g/mol. The maximum Gasteiger partial charge on any atom is 0.103 e. The second-order valence-corrected chi connectivity index (χ2v) is 5.42. The molecule has 0 aliphatic rings. The minimum atomic E-state index is 0.741. The van der Waals surface area contributed by atoms with Gasteiger partial charge in [-0.25, -0.2) is 0 Å². The topological polar surface area (TPSA) is 50.4 Å². The van der Waals surface area contributed by atoms with Gasteiger partial charge in [0, 0.05) is 17.8 Å². The van der Waals surface area contributed by atoms with Crippen LogP contribution in [0.4, 0.5) is 0 Å². The van der Waals surface area contributed by atoms with Gasteiger partial charge in [0.15, 0.2) is 0 Å². The predicted molar refractivity (Wildman–Crippen MR) is 78.3 cm³/mol. The fraction of sp³-hybridized carbons (Fsp3) is 0.231. The molecule has 0 aliphatic carbocycles. The lowest BCUT2D eigenvalue weighted by Gasteiger charge is -2.05. The molecule has 0 bridgehead atoms. The van der Waals surface area contributed by atoms with E-state index < -0.39 is 0 Å². The average molecular weight is 296 g/mol. The van der Waals surface area contributed by atoms with Crippen molar-refractivity contribution in [1.82, 2.24) is 9.78 Å². The zero-order valence-corrected chi connectivity index (χ0v) is 12.2. The van der Waals surface area contributed by atoms with E-state index in [-0.39, 0.29) is 0 Å². The van der Waals surface area contributed by atoms with Crippen LogP contribution in [-0.4, -0.2) is 21.2 Å². The highest BCUT2D eigenvalue weighted by atomic mass is 35.5. The Bertz CT molecular complexity index is 610.